The van der Waals surface area contributed by atoms with Crippen LogP contribution in [0.5, 0.6) is 0 Å². The van der Waals surface area contributed by atoms with Gasteiger partial charge >= 0.3 is 0 Å². The maximum Gasteiger partial charge on any atom is 0.150 e. The first-order chi connectivity index (χ1) is 7.77. The summed E-state index contributed by atoms with van der Waals surface area (Å²) in [7, 11) is 0. The van der Waals surface area contributed by atoms with E-state index < -0.39 is 0 Å². The summed E-state index contributed by atoms with van der Waals surface area (Å²) in [5.41, 5.74) is 1.25. The number of fused-ring (bicyclic) bond motifs is 1. The average Bonchev–Trinajstić information content (AvgIpc) is 2.86. The van der Waals surface area contributed by atoms with Crippen molar-refractivity contribution in [1.29, 1.82) is 0 Å². The SMILES string of the molecule is CC1CCCn2c(C3CCOC3)nc(Cl)c21. The van der Waals surface area contributed by atoms with Crippen LogP contribution in [0, 0.1) is 0 Å². The third-order valence-corrected chi connectivity index (χ3v) is 4.05. The zero-order valence-electron chi connectivity index (χ0n) is 9.58. The molecule has 3 heterocycles. The zero-order valence-corrected chi connectivity index (χ0v) is 10.3. The molecule has 0 radical (unpaired) electrons. The summed E-state index contributed by atoms with van der Waals surface area (Å²) in [5, 5.41) is 0.717. The van der Waals surface area contributed by atoms with Crippen LogP contribution in [-0.4, -0.2) is 22.8 Å². The summed E-state index contributed by atoms with van der Waals surface area (Å²) in [4.78, 5) is 4.57. The molecule has 2 atom stereocenters. The molecule has 1 aromatic rings. The van der Waals surface area contributed by atoms with Crippen molar-refractivity contribution < 1.29 is 4.74 Å². The lowest BCUT2D eigenvalue weighted by atomic mass is 9.98. The van der Waals surface area contributed by atoms with Gasteiger partial charge < -0.3 is 9.30 Å². The van der Waals surface area contributed by atoms with Crippen molar-refractivity contribution in [3.63, 3.8) is 0 Å². The van der Waals surface area contributed by atoms with Crippen molar-refractivity contribution in [1.82, 2.24) is 9.55 Å². The highest BCUT2D eigenvalue weighted by atomic mass is 35.5. The number of rotatable bonds is 1. The summed E-state index contributed by atoms with van der Waals surface area (Å²) >= 11 is 6.26. The highest BCUT2D eigenvalue weighted by Gasteiger charge is 2.29. The van der Waals surface area contributed by atoms with E-state index in [4.69, 9.17) is 16.3 Å². The van der Waals surface area contributed by atoms with Gasteiger partial charge in [0.25, 0.3) is 0 Å². The van der Waals surface area contributed by atoms with Crippen LogP contribution < -0.4 is 0 Å². The Morgan fingerprint density at radius 2 is 2.31 bits per heavy atom. The maximum absolute atomic E-state index is 6.26. The second-order valence-corrected chi connectivity index (χ2v) is 5.26. The quantitative estimate of drug-likeness (QED) is 0.755. The minimum atomic E-state index is 0.455. The fraction of sp³-hybridized carbons (Fsp3) is 0.750. The van der Waals surface area contributed by atoms with Crippen LogP contribution in [0.2, 0.25) is 5.15 Å². The van der Waals surface area contributed by atoms with Gasteiger partial charge in [0.2, 0.25) is 0 Å². The van der Waals surface area contributed by atoms with E-state index in [-0.39, 0.29) is 0 Å². The lowest BCUT2D eigenvalue weighted by Gasteiger charge is -2.23. The first-order valence-corrected chi connectivity index (χ1v) is 6.48. The molecular formula is C12H17ClN2O. The van der Waals surface area contributed by atoms with E-state index in [0.29, 0.717) is 17.0 Å². The molecule has 2 aliphatic heterocycles. The third kappa shape index (κ3) is 1.57. The number of halogens is 1. The molecule has 1 aromatic heterocycles. The van der Waals surface area contributed by atoms with Gasteiger partial charge in [0, 0.05) is 19.1 Å². The van der Waals surface area contributed by atoms with E-state index in [1.807, 2.05) is 0 Å². The van der Waals surface area contributed by atoms with Gasteiger partial charge in [0.15, 0.2) is 5.15 Å². The fourth-order valence-electron chi connectivity index (χ4n) is 2.90. The van der Waals surface area contributed by atoms with Gasteiger partial charge in [-0.1, -0.05) is 18.5 Å². The molecule has 3 rings (SSSR count). The Labute approximate surface area is 101 Å². The molecule has 0 spiro atoms. The number of aromatic nitrogens is 2. The lowest BCUT2D eigenvalue weighted by Crippen LogP contribution is -2.17. The van der Waals surface area contributed by atoms with Gasteiger partial charge in [-0.25, -0.2) is 4.98 Å². The minimum Gasteiger partial charge on any atom is -0.381 e. The molecule has 88 valence electrons. The van der Waals surface area contributed by atoms with E-state index in [9.17, 15) is 0 Å². The maximum atomic E-state index is 6.26. The number of ether oxygens (including phenoxy) is 1. The summed E-state index contributed by atoms with van der Waals surface area (Å²) < 4.78 is 7.79. The standard InChI is InChI=1S/C12H17ClN2O/c1-8-3-2-5-15-10(8)11(13)14-12(15)9-4-6-16-7-9/h8-9H,2-7H2,1H3. The zero-order chi connectivity index (χ0) is 11.1. The van der Waals surface area contributed by atoms with Gasteiger partial charge in [0.1, 0.15) is 5.82 Å². The Morgan fingerprint density at radius 3 is 3.06 bits per heavy atom. The predicted octanol–water partition coefficient (Wildman–Crippen LogP) is 2.94. The third-order valence-electron chi connectivity index (χ3n) is 3.77. The molecule has 0 aliphatic carbocycles. The van der Waals surface area contributed by atoms with Crippen molar-refractivity contribution in [2.75, 3.05) is 13.2 Å². The van der Waals surface area contributed by atoms with Crippen molar-refractivity contribution in [3.05, 3.63) is 16.7 Å². The molecular weight excluding hydrogens is 224 g/mol. The molecule has 3 nitrogen and oxygen atoms in total. The second-order valence-electron chi connectivity index (χ2n) is 4.90. The molecule has 16 heavy (non-hydrogen) atoms. The van der Waals surface area contributed by atoms with E-state index in [2.05, 4.69) is 16.5 Å². The Kier molecular flexibility index (Phi) is 2.68. The molecule has 0 N–H and O–H groups in total. The van der Waals surface area contributed by atoms with Crippen molar-refractivity contribution >= 4 is 11.6 Å². The fourth-order valence-corrected chi connectivity index (χ4v) is 3.27. The summed E-state index contributed by atoms with van der Waals surface area (Å²) in [6.07, 6.45) is 3.55. The van der Waals surface area contributed by atoms with Crippen LogP contribution >= 0.6 is 11.6 Å². The number of hydrogen-bond donors (Lipinski definition) is 0. The largest absolute Gasteiger partial charge is 0.381 e. The van der Waals surface area contributed by atoms with Crippen molar-refractivity contribution in [2.45, 2.75) is 44.6 Å². The second kappa shape index (κ2) is 4.04. The van der Waals surface area contributed by atoms with Gasteiger partial charge in [-0.2, -0.15) is 0 Å². The normalized spacial score (nSPS) is 29.4. The lowest BCUT2D eigenvalue weighted by molar-refractivity contribution is 0.192. The van der Waals surface area contributed by atoms with Crippen LogP contribution in [-0.2, 0) is 11.3 Å². The average molecular weight is 241 g/mol. The smallest absolute Gasteiger partial charge is 0.150 e. The van der Waals surface area contributed by atoms with Crippen LogP contribution in [0.15, 0.2) is 0 Å². The highest BCUT2D eigenvalue weighted by Crippen LogP contribution is 2.36. The molecule has 0 bridgehead atoms. The van der Waals surface area contributed by atoms with Crippen LogP contribution in [0.3, 0.4) is 0 Å². The van der Waals surface area contributed by atoms with Crippen LogP contribution in [0.1, 0.15) is 49.5 Å². The van der Waals surface area contributed by atoms with Crippen LogP contribution in [0.4, 0.5) is 0 Å². The minimum absolute atomic E-state index is 0.455. The molecule has 1 fully saturated rings. The van der Waals surface area contributed by atoms with Crippen molar-refractivity contribution in [3.8, 4) is 0 Å². The molecule has 2 unspecified atom stereocenters. The monoisotopic (exact) mass is 240 g/mol. The first kappa shape index (κ1) is 10.6. The molecule has 1 saturated heterocycles. The van der Waals surface area contributed by atoms with Crippen LogP contribution in [0.25, 0.3) is 0 Å². The molecule has 0 amide bonds. The first-order valence-electron chi connectivity index (χ1n) is 6.11. The topological polar surface area (TPSA) is 27.1 Å². The molecule has 2 aliphatic rings. The Morgan fingerprint density at radius 1 is 1.44 bits per heavy atom. The number of imidazole rings is 1. The van der Waals surface area contributed by atoms with E-state index in [0.717, 1.165) is 32.0 Å². The molecule has 4 heteroatoms. The highest BCUT2D eigenvalue weighted by molar-refractivity contribution is 6.30. The Balaban J connectivity index is 2.02. The van der Waals surface area contributed by atoms with Gasteiger partial charge in [-0.15, -0.1) is 0 Å². The van der Waals surface area contributed by atoms with E-state index in [1.54, 1.807) is 0 Å². The number of hydrogen-bond acceptors (Lipinski definition) is 2. The predicted molar refractivity (Wildman–Crippen MR) is 63.1 cm³/mol. The van der Waals surface area contributed by atoms with Crippen molar-refractivity contribution in [2.24, 2.45) is 0 Å². The Bertz CT molecular complexity index is 396. The van der Waals surface area contributed by atoms with Gasteiger partial charge in [-0.05, 0) is 25.2 Å². The van der Waals surface area contributed by atoms with E-state index >= 15 is 0 Å². The summed E-state index contributed by atoms with van der Waals surface area (Å²) in [6.45, 7) is 4.99. The summed E-state index contributed by atoms with van der Waals surface area (Å²) in [6, 6.07) is 0. The Hall–Kier alpha value is -0.540. The van der Waals surface area contributed by atoms with Gasteiger partial charge in [0.05, 0.1) is 12.3 Å². The molecule has 0 aromatic carbocycles. The summed E-state index contributed by atoms with van der Waals surface area (Å²) in [5.74, 6) is 2.16. The van der Waals surface area contributed by atoms with Gasteiger partial charge in [-0.3, -0.25) is 0 Å². The van der Waals surface area contributed by atoms with E-state index in [1.165, 1.54) is 18.5 Å². The number of nitrogens with zero attached hydrogens (tertiary/aromatic N) is 2. The molecule has 0 saturated carbocycles.